The first-order valence-corrected chi connectivity index (χ1v) is 18.2. The summed E-state index contributed by atoms with van der Waals surface area (Å²) >= 11 is 0. The van der Waals surface area contributed by atoms with Crippen LogP contribution in [0.25, 0.3) is 0 Å². The summed E-state index contributed by atoms with van der Waals surface area (Å²) in [6, 6.07) is 0. The van der Waals surface area contributed by atoms with E-state index in [4.69, 9.17) is 14.2 Å². The van der Waals surface area contributed by atoms with Gasteiger partial charge in [0.05, 0.1) is 18.8 Å². The molecule has 0 aromatic heterocycles. The summed E-state index contributed by atoms with van der Waals surface area (Å²) in [4.78, 5) is 24.1. The minimum atomic E-state index is -0.799. The predicted molar refractivity (Wildman–Crippen MR) is 182 cm³/mol. The molecule has 6 nitrogen and oxygen atoms in total. The van der Waals surface area contributed by atoms with Crippen LogP contribution < -0.4 is 0 Å². The van der Waals surface area contributed by atoms with Gasteiger partial charge in [-0.2, -0.15) is 0 Å². The summed E-state index contributed by atoms with van der Waals surface area (Å²) in [6.07, 6.45) is 38.1. The van der Waals surface area contributed by atoms with Crippen molar-refractivity contribution in [2.75, 3.05) is 13.2 Å². The van der Waals surface area contributed by atoms with Crippen molar-refractivity contribution in [1.29, 1.82) is 0 Å². The van der Waals surface area contributed by atoms with Gasteiger partial charge in [-0.05, 0) is 44.9 Å². The lowest BCUT2D eigenvalue weighted by atomic mass is 10.0. The van der Waals surface area contributed by atoms with Crippen LogP contribution in [-0.2, 0) is 23.8 Å². The molecule has 0 amide bonds. The Kier molecular flexibility index (Phi) is 27.1. The van der Waals surface area contributed by atoms with E-state index in [-0.39, 0.29) is 31.6 Å². The highest BCUT2D eigenvalue weighted by molar-refractivity contribution is 5.70. The molecule has 1 heterocycles. The van der Waals surface area contributed by atoms with Gasteiger partial charge in [0, 0.05) is 12.8 Å². The van der Waals surface area contributed by atoms with Crippen molar-refractivity contribution >= 4 is 11.9 Å². The van der Waals surface area contributed by atoms with Gasteiger partial charge in [-0.15, -0.1) is 0 Å². The topological polar surface area (TPSA) is 85.4 Å². The Bertz CT molecular complexity index is 773. The number of esters is 2. The van der Waals surface area contributed by atoms with Crippen LogP contribution in [0, 0.1) is 0 Å². The van der Waals surface area contributed by atoms with Crippen LogP contribution in [0.5, 0.6) is 0 Å². The standard InChI is InChI=1S/C38H66O6/c1-3-5-7-8-9-10-11-12-16-19-22-26-30-37(40)42-33-34(32-39)43-38(41)31-27-23-20-17-14-13-15-18-21-25-29-36-35(44-36)28-24-6-4-2/h13,15,17,20-21,25,34-36,39H,3-12,14,16,18-19,22-24,26-33H2,1-2H3/b15-13-,20-17-,25-21-/t34-,35?,36?/m0/s1. The number of allylic oxidation sites excluding steroid dienone is 5. The van der Waals surface area contributed by atoms with Crippen LogP contribution in [0.1, 0.15) is 162 Å². The highest BCUT2D eigenvalue weighted by atomic mass is 16.6. The van der Waals surface area contributed by atoms with E-state index in [1.54, 1.807) is 0 Å². The number of rotatable bonds is 31. The van der Waals surface area contributed by atoms with Crippen molar-refractivity contribution in [2.24, 2.45) is 0 Å². The van der Waals surface area contributed by atoms with Crippen LogP contribution in [-0.4, -0.2) is 48.6 Å². The van der Waals surface area contributed by atoms with Crippen molar-refractivity contribution in [2.45, 2.75) is 180 Å². The molecule has 1 fully saturated rings. The smallest absolute Gasteiger partial charge is 0.306 e. The van der Waals surface area contributed by atoms with Gasteiger partial charge in [0.2, 0.25) is 0 Å². The van der Waals surface area contributed by atoms with Gasteiger partial charge in [-0.3, -0.25) is 9.59 Å². The SMILES string of the molecule is CCCCCCCCCCCCCCC(=O)OC[C@H](CO)OC(=O)CCC/C=C\C/C=C\C/C=C\CC1OC1CCCCC. The van der Waals surface area contributed by atoms with Gasteiger partial charge < -0.3 is 19.3 Å². The van der Waals surface area contributed by atoms with Crippen LogP contribution in [0.4, 0.5) is 0 Å². The molecule has 254 valence electrons. The maximum Gasteiger partial charge on any atom is 0.306 e. The normalized spacial score (nSPS) is 17.2. The van der Waals surface area contributed by atoms with E-state index < -0.39 is 6.10 Å². The number of carbonyl (C=O) groups is 2. The average molecular weight is 619 g/mol. The van der Waals surface area contributed by atoms with Gasteiger partial charge in [0.15, 0.2) is 6.10 Å². The molecule has 44 heavy (non-hydrogen) atoms. The number of epoxide rings is 1. The van der Waals surface area contributed by atoms with Crippen molar-refractivity contribution < 1.29 is 28.9 Å². The Hall–Kier alpha value is -1.92. The summed E-state index contributed by atoms with van der Waals surface area (Å²) in [5.74, 6) is -0.661. The molecule has 0 radical (unpaired) electrons. The molecule has 1 aliphatic heterocycles. The first kappa shape index (κ1) is 40.1. The number of aliphatic hydroxyl groups is 1. The number of aliphatic hydroxyl groups excluding tert-OH is 1. The lowest BCUT2D eigenvalue weighted by molar-refractivity contribution is -0.161. The number of unbranched alkanes of at least 4 members (excludes halogenated alkanes) is 14. The second-order valence-corrected chi connectivity index (χ2v) is 12.3. The molecule has 0 aromatic rings. The second-order valence-electron chi connectivity index (χ2n) is 12.3. The number of ether oxygens (including phenoxy) is 3. The van der Waals surface area contributed by atoms with Gasteiger partial charge >= 0.3 is 11.9 Å². The molecule has 3 atom stereocenters. The zero-order chi connectivity index (χ0) is 31.9. The first-order chi connectivity index (χ1) is 21.6. The van der Waals surface area contributed by atoms with Crippen LogP contribution >= 0.6 is 0 Å². The number of hydrogen-bond acceptors (Lipinski definition) is 6. The van der Waals surface area contributed by atoms with Gasteiger partial charge in [-0.1, -0.05) is 140 Å². The summed E-state index contributed by atoms with van der Waals surface area (Å²) in [6.45, 7) is 4.04. The molecule has 0 saturated carbocycles. The first-order valence-electron chi connectivity index (χ1n) is 18.2. The van der Waals surface area contributed by atoms with Crippen molar-refractivity contribution in [1.82, 2.24) is 0 Å². The quantitative estimate of drug-likeness (QED) is 0.0360. The highest BCUT2D eigenvalue weighted by Crippen LogP contribution is 2.30. The van der Waals surface area contributed by atoms with E-state index in [0.717, 1.165) is 44.9 Å². The van der Waals surface area contributed by atoms with Gasteiger partial charge in [0.1, 0.15) is 6.61 Å². The largest absolute Gasteiger partial charge is 0.462 e. The highest BCUT2D eigenvalue weighted by Gasteiger charge is 2.36. The van der Waals surface area contributed by atoms with E-state index >= 15 is 0 Å². The van der Waals surface area contributed by atoms with Crippen molar-refractivity contribution in [3.05, 3.63) is 36.5 Å². The predicted octanol–water partition coefficient (Wildman–Crippen LogP) is 9.88. The van der Waals surface area contributed by atoms with E-state index in [1.165, 1.54) is 83.5 Å². The molecule has 1 N–H and O–H groups in total. The summed E-state index contributed by atoms with van der Waals surface area (Å²) in [7, 11) is 0. The monoisotopic (exact) mass is 618 g/mol. The fourth-order valence-electron chi connectivity index (χ4n) is 5.23. The third kappa shape index (κ3) is 25.4. The molecule has 1 aliphatic rings. The Labute approximate surface area is 270 Å². The third-order valence-electron chi connectivity index (χ3n) is 8.11. The second kappa shape index (κ2) is 29.8. The van der Waals surface area contributed by atoms with E-state index in [1.807, 2.05) is 0 Å². The molecule has 2 unspecified atom stereocenters. The molecular weight excluding hydrogens is 552 g/mol. The third-order valence-corrected chi connectivity index (χ3v) is 8.11. The Morgan fingerprint density at radius 3 is 1.84 bits per heavy atom. The van der Waals surface area contributed by atoms with Gasteiger partial charge in [0.25, 0.3) is 0 Å². The molecule has 0 aliphatic carbocycles. The molecule has 1 rings (SSSR count). The maximum atomic E-state index is 12.1. The number of hydrogen-bond donors (Lipinski definition) is 1. The molecule has 1 saturated heterocycles. The van der Waals surface area contributed by atoms with Crippen molar-refractivity contribution in [3.8, 4) is 0 Å². The van der Waals surface area contributed by atoms with E-state index in [0.29, 0.717) is 25.0 Å². The average Bonchev–Trinajstić information content (AvgIpc) is 3.78. The summed E-state index contributed by atoms with van der Waals surface area (Å²) in [5, 5.41) is 9.51. The zero-order valence-corrected chi connectivity index (χ0v) is 28.4. The Morgan fingerprint density at radius 2 is 1.20 bits per heavy atom. The van der Waals surface area contributed by atoms with E-state index in [9.17, 15) is 14.7 Å². The maximum absolute atomic E-state index is 12.1. The number of carbonyl (C=O) groups excluding carboxylic acids is 2. The Balaban J connectivity index is 1.94. The molecule has 0 bridgehead atoms. The lowest BCUT2D eigenvalue weighted by Crippen LogP contribution is -2.28. The molecular formula is C38H66O6. The van der Waals surface area contributed by atoms with Crippen LogP contribution in [0.2, 0.25) is 0 Å². The molecule has 6 heteroatoms. The van der Waals surface area contributed by atoms with E-state index in [2.05, 4.69) is 50.3 Å². The van der Waals surface area contributed by atoms with Crippen molar-refractivity contribution in [3.63, 3.8) is 0 Å². The van der Waals surface area contributed by atoms with Crippen LogP contribution in [0.3, 0.4) is 0 Å². The summed E-state index contributed by atoms with van der Waals surface area (Å²) < 4.78 is 16.2. The molecule has 0 spiro atoms. The Morgan fingerprint density at radius 1 is 0.659 bits per heavy atom. The minimum Gasteiger partial charge on any atom is -0.462 e. The zero-order valence-electron chi connectivity index (χ0n) is 28.4. The van der Waals surface area contributed by atoms with Gasteiger partial charge in [-0.25, -0.2) is 0 Å². The fraction of sp³-hybridized carbons (Fsp3) is 0.789. The van der Waals surface area contributed by atoms with Crippen LogP contribution in [0.15, 0.2) is 36.5 Å². The fourth-order valence-corrected chi connectivity index (χ4v) is 5.23. The lowest BCUT2D eigenvalue weighted by Gasteiger charge is -2.15. The summed E-state index contributed by atoms with van der Waals surface area (Å²) in [5.41, 5.74) is 0. The molecule has 0 aromatic carbocycles. The minimum absolute atomic E-state index is 0.0886.